The van der Waals surface area contributed by atoms with Gasteiger partial charge in [0.05, 0.1) is 19.4 Å². The standard InChI is InChI=1S/C23H25N3O2/c1-17-13-24-23(26(17)14-18-7-4-3-5-8-18)20-15-25(16-20)22(27)12-19-9-6-10-21(11-19)28-2/h3-11,13,20H,12,14-16H2,1-2H3. The number of hydrogen-bond acceptors (Lipinski definition) is 3. The van der Waals surface area contributed by atoms with Crippen molar-refractivity contribution >= 4 is 5.91 Å². The third-order valence-corrected chi connectivity index (χ3v) is 5.36. The van der Waals surface area contributed by atoms with Crippen LogP contribution in [-0.2, 0) is 17.8 Å². The van der Waals surface area contributed by atoms with Crippen LogP contribution in [0.2, 0.25) is 0 Å². The molecular formula is C23H25N3O2. The highest BCUT2D eigenvalue weighted by Crippen LogP contribution is 2.28. The first-order chi connectivity index (χ1) is 13.6. The molecule has 2 aromatic carbocycles. The molecule has 0 aliphatic carbocycles. The lowest BCUT2D eigenvalue weighted by molar-refractivity contribution is -0.135. The van der Waals surface area contributed by atoms with Crippen molar-refractivity contribution in [2.75, 3.05) is 20.2 Å². The lowest BCUT2D eigenvalue weighted by Gasteiger charge is -2.39. The van der Waals surface area contributed by atoms with E-state index in [4.69, 9.17) is 4.74 Å². The highest BCUT2D eigenvalue weighted by atomic mass is 16.5. The minimum atomic E-state index is 0.155. The summed E-state index contributed by atoms with van der Waals surface area (Å²) in [6.07, 6.45) is 2.33. The first-order valence-corrected chi connectivity index (χ1v) is 9.60. The number of methoxy groups -OCH3 is 1. The molecular weight excluding hydrogens is 350 g/mol. The fraction of sp³-hybridized carbons (Fsp3) is 0.304. The van der Waals surface area contributed by atoms with Gasteiger partial charge >= 0.3 is 0 Å². The number of imidazole rings is 1. The van der Waals surface area contributed by atoms with Gasteiger partial charge in [0.15, 0.2) is 0 Å². The summed E-state index contributed by atoms with van der Waals surface area (Å²) in [5.41, 5.74) is 3.39. The van der Waals surface area contributed by atoms with Gasteiger partial charge in [-0.15, -0.1) is 0 Å². The topological polar surface area (TPSA) is 47.4 Å². The van der Waals surface area contributed by atoms with Crippen LogP contribution in [-0.4, -0.2) is 40.6 Å². The van der Waals surface area contributed by atoms with Crippen LogP contribution >= 0.6 is 0 Å². The minimum absolute atomic E-state index is 0.155. The van der Waals surface area contributed by atoms with Crippen molar-refractivity contribution in [1.29, 1.82) is 0 Å². The number of carbonyl (C=O) groups is 1. The van der Waals surface area contributed by atoms with Crippen molar-refractivity contribution in [1.82, 2.24) is 14.5 Å². The Morgan fingerprint density at radius 3 is 2.61 bits per heavy atom. The quantitative estimate of drug-likeness (QED) is 0.663. The number of benzene rings is 2. The minimum Gasteiger partial charge on any atom is -0.497 e. The van der Waals surface area contributed by atoms with Crippen molar-refractivity contribution in [2.24, 2.45) is 0 Å². The molecule has 0 unspecified atom stereocenters. The summed E-state index contributed by atoms with van der Waals surface area (Å²) in [4.78, 5) is 19.2. The molecule has 0 bridgehead atoms. The largest absolute Gasteiger partial charge is 0.497 e. The molecule has 1 saturated heterocycles. The molecule has 5 nitrogen and oxygen atoms in total. The molecule has 0 spiro atoms. The zero-order chi connectivity index (χ0) is 19.5. The van der Waals surface area contributed by atoms with E-state index in [1.165, 1.54) is 5.56 Å². The molecule has 5 heteroatoms. The van der Waals surface area contributed by atoms with Crippen LogP contribution < -0.4 is 4.74 Å². The highest BCUT2D eigenvalue weighted by molar-refractivity contribution is 5.79. The third kappa shape index (κ3) is 3.79. The van der Waals surface area contributed by atoms with Crippen LogP contribution in [0.5, 0.6) is 5.75 Å². The summed E-state index contributed by atoms with van der Waals surface area (Å²) in [6, 6.07) is 18.1. The second-order valence-corrected chi connectivity index (χ2v) is 7.35. The van der Waals surface area contributed by atoms with E-state index >= 15 is 0 Å². The molecule has 2 heterocycles. The summed E-state index contributed by atoms with van der Waals surface area (Å²) in [7, 11) is 1.64. The fourth-order valence-corrected chi connectivity index (χ4v) is 3.69. The average Bonchev–Trinajstić information content (AvgIpc) is 3.02. The van der Waals surface area contributed by atoms with Crippen molar-refractivity contribution in [3.63, 3.8) is 0 Å². The summed E-state index contributed by atoms with van der Waals surface area (Å²) < 4.78 is 7.51. The summed E-state index contributed by atoms with van der Waals surface area (Å²) in [5.74, 6) is 2.31. The van der Waals surface area contributed by atoms with E-state index in [1.54, 1.807) is 7.11 Å². The van der Waals surface area contributed by atoms with Crippen molar-refractivity contribution in [3.8, 4) is 5.75 Å². The molecule has 28 heavy (non-hydrogen) atoms. The summed E-state index contributed by atoms with van der Waals surface area (Å²) in [6.45, 7) is 4.36. The van der Waals surface area contributed by atoms with E-state index in [1.807, 2.05) is 41.4 Å². The Morgan fingerprint density at radius 1 is 1.11 bits per heavy atom. The molecule has 3 aromatic rings. The molecule has 0 atom stereocenters. The van der Waals surface area contributed by atoms with Crippen LogP contribution in [0.25, 0.3) is 0 Å². The number of carbonyl (C=O) groups excluding carboxylic acids is 1. The van der Waals surface area contributed by atoms with E-state index in [0.29, 0.717) is 12.3 Å². The molecule has 144 valence electrons. The second-order valence-electron chi connectivity index (χ2n) is 7.35. The molecule has 0 radical (unpaired) electrons. The van der Waals surface area contributed by atoms with E-state index in [9.17, 15) is 4.79 Å². The Kier molecular flexibility index (Phi) is 5.15. The Labute approximate surface area is 165 Å². The van der Waals surface area contributed by atoms with Gasteiger partial charge in [-0.3, -0.25) is 4.79 Å². The molecule has 0 N–H and O–H groups in total. The summed E-state index contributed by atoms with van der Waals surface area (Å²) in [5, 5.41) is 0. The molecule has 4 rings (SSSR count). The number of rotatable bonds is 6. The summed E-state index contributed by atoms with van der Waals surface area (Å²) >= 11 is 0. The maximum absolute atomic E-state index is 12.6. The molecule has 1 aliphatic rings. The zero-order valence-corrected chi connectivity index (χ0v) is 16.3. The number of amides is 1. The van der Waals surface area contributed by atoms with Gasteiger partial charge in [-0.2, -0.15) is 0 Å². The van der Waals surface area contributed by atoms with Gasteiger partial charge in [-0.1, -0.05) is 42.5 Å². The third-order valence-electron chi connectivity index (χ3n) is 5.36. The monoisotopic (exact) mass is 375 g/mol. The normalized spacial score (nSPS) is 14.0. The molecule has 1 fully saturated rings. The van der Waals surface area contributed by atoms with Gasteiger partial charge in [0.2, 0.25) is 5.91 Å². The predicted molar refractivity (Wildman–Crippen MR) is 109 cm³/mol. The molecule has 1 aromatic heterocycles. The predicted octanol–water partition coefficient (Wildman–Crippen LogP) is 3.42. The Balaban J connectivity index is 1.39. The number of aromatic nitrogens is 2. The smallest absolute Gasteiger partial charge is 0.227 e. The molecule has 0 saturated carbocycles. The van der Waals surface area contributed by atoms with Crippen molar-refractivity contribution in [2.45, 2.75) is 25.8 Å². The van der Waals surface area contributed by atoms with Gasteiger partial charge in [0.1, 0.15) is 11.6 Å². The SMILES string of the molecule is COc1cccc(CC(=O)N2CC(c3ncc(C)n3Cc3ccccc3)C2)c1. The first-order valence-electron chi connectivity index (χ1n) is 9.60. The van der Waals surface area contributed by atoms with Crippen molar-refractivity contribution in [3.05, 3.63) is 83.4 Å². The number of hydrogen-bond donors (Lipinski definition) is 0. The lowest BCUT2D eigenvalue weighted by Crippen LogP contribution is -2.49. The van der Waals surface area contributed by atoms with Gasteiger partial charge < -0.3 is 14.2 Å². The van der Waals surface area contributed by atoms with Gasteiger partial charge in [-0.25, -0.2) is 4.98 Å². The highest BCUT2D eigenvalue weighted by Gasteiger charge is 2.34. The van der Waals surface area contributed by atoms with E-state index in [0.717, 1.165) is 42.5 Å². The Bertz CT molecular complexity index is 959. The maximum Gasteiger partial charge on any atom is 0.227 e. The number of nitrogens with zero attached hydrogens (tertiary/aromatic N) is 3. The number of ether oxygens (including phenoxy) is 1. The fourth-order valence-electron chi connectivity index (χ4n) is 3.69. The van der Waals surface area contributed by atoms with Gasteiger partial charge in [0, 0.05) is 31.5 Å². The van der Waals surface area contributed by atoms with E-state index in [-0.39, 0.29) is 5.91 Å². The van der Waals surface area contributed by atoms with Crippen LogP contribution in [0.15, 0.2) is 60.8 Å². The van der Waals surface area contributed by atoms with E-state index < -0.39 is 0 Å². The zero-order valence-electron chi connectivity index (χ0n) is 16.3. The van der Waals surface area contributed by atoms with Crippen molar-refractivity contribution < 1.29 is 9.53 Å². The Hall–Kier alpha value is -3.08. The van der Waals surface area contributed by atoms with Gasteiger partial charge in [0.25, 0.3) is 0 Å². The Morgan fingerprint density at radius 2 is 1.86 bits per heavy atom. The molecule has 1 amide bonds. The maximum atomic E-state index is 12.6. The number of aryl methyl sites for hydroxylation is 1. The van der Waals surface area contributed by atoms with E-state index in [2.05, 4.69) is 40.7 Å². The number of likely N-dealkylation sites (tertiary alicyclic amines) is 1. The van der Waals surface area contributed by atoms with Crippen LogP contribution in [0.1, 0.15) is 28.6 Å². The van der Waals surface area contributed by atoms with Crippen LogP contribution in [0.3, 0.4) is 0 Å². The first kappa shape index (κ1) is 18.3. The second kappa shape index (κ2) is 7.89. The van der Waals surface area contributed by atoms with Crippen LogP contribution in [0.4, 0.5) is 0 Å². The lowest BCUT2D eigenvalue weighted by atomic mass is 9.97. The van der Waals surface area contributed by atoms with Gasteiger partial charge in [-0.05, 0) is 30.2 Å². The van der Waals surface area contributed by atoms with Crippen LogP contribution in [0, 0.1) is 6.92 Å². The molecule has 1 aliphatic heterocycles. The average molecular weight is 375 g/mol.